The Morgan fingerprint density at radius 2 is 2.50 bits per heavy atom. The molecule has 0 aromatic carbocycles. The number of nitriles is 1. The Balaban J connectivity index is 1.91. The van der Waals surface area contributed by atoms with Gasteiger partial charge in [-0.2, -0.15) is 10.4 Å². The number of nitrogens with one attached hydrogen (secondary N) is 2. The highest BCUT2D eigenvalue weighted by Gasteiger charge is 2.25. The molecule has 2 heterocycles. The molecule has 2 N–H and O–H groups in total. The van der Waals surface area contributed by atoms with Gasteiger partial charge in [-0.3, -0.25) is 9.89 Å². The van der Waals surface area contributed by atoms with E-state index >= 15 is 0 Å². The van der Waals surface area contributed by atoms with Crippen LogP contribution < -0.4 is 5.32 Å². The molecule has 7 heteroatoms. The molecule has 20 heavy (non-hydrogen) atoms. The van der Waals surface area contributed by atoms with Gasteiger partial charge in [0.15, 0.2) is 0 Å². The SMILES string of the molecule is C[C@@H]1CCc2c(sc(NC(=O)c3ncn[nH]3)c2C#N)C1. The largest absolute Gasteiger partial charge is 0.310 e. The molecular weight excluding hydrogens is 274 g/mol. The molecule has 102 valence electrons. The highest BCUT2D eigenvalue weighted by molar-refractivity contribution is 7.16. The first-order valence-electron chi connectivity index (χ1n) is 6.40. The summed E-state index contributed by atoms with van der Waals surface area (Å²) in [7, 11) is 0. The highest BCUT2D eigenvalue weighted by atomic mass is 32.1. The van der Waals surface area contributed by atoms with E-state index in [2.05, 4.69) is 33.5 Å². The van der Waals surface area contributed by atoms with Crippen LogP contribution in [-0.2, 0) is 12.8 Å². The number of anilines is 1. The molecule has 1 aliphatic carbocycles. The van der Waals surface area contributed by atoms with Crippen LogP contribution >= 0.6 is 11.3 Å². The second-order valence-corrected chi connectivity index (χ2v) is 6.06. The van der Waals surface area contributed by atoms with E-state index in [1.54, 1.807) is 0 Å². The van der Waals surface area contributed by atoms with Gasteiger partial charge in [0.1, 0.15) is 17.4 Å². The summed E-state index contributed by atoms with van der Waals surface area (Å²) in [6, 6.07) is 2.22. The zero-order valence-corrected chi connectivity index (χ0v) is 11.8. The summed E-state index contributed by atoms with van der Waals surface area (Å²) in [4.78, 5) is 17.0. The van der Waals surface area contributed by atoms with Crippen molar-refractivity contribution in [2.75, 3.05) is 5.32 Å². The second-order valence-electron chi connectivity index (χ2n) is 4.96. The Bertz CT molecular complexity index is 682. The Morgan fingerprint density at radius 1 is 1.65 bits per heavy atom. The molecule has 0 aliphatic heterocycles. The van der Waals surface area contributed by atoms with Crippen LogP contribution in [0, 0.1) is 17.2 Å². The first-order valence-corrected chi connectivity index (χ1v) is 7.22. The maximum Gasteiger partial charge on any atom is 0.293 e. The fourth-order valence-electron chi connectivity index (χ4n) is 2.43. The van der Waals surface area contributed by atoms with E-state index in [1.807, 2.05) is 0 Å². The second kappa shape index (κ2) is 5.06. The van der Waals surface area contributed by atoms with E-state index in [9.17, 15) is 10.1 Å². The van der Waals surface area contributed by atoms with E-state index < -0.39 is 0 Å². The first-order chi connectivity index (χ1) is 9.69. The molecule has 0 saturated heterocycles. The van der Waals surface area contributed by atoms with Gasteiger partial charge in [-0.25, -0.2) is 4.98 Å². The lowest BCUT2D eigenvalue weighted by Gasteiger charge is -2.17. The molecule has 1 amide bonds. The van der Waals surface area contributed by atoms with Gasteiger partial charge in [-0.05, 0) is 30.7 Å². The molecule has 3 rings (SSSR count). The standard InChI is InChI=1S/C13H13N5OS/c1-7-2-3-8-9(5-14)13(20-10(8)4-7)17-12(19)11-15-6-16-18-11/h6-7H,2-4H2,1H3,(H,17,19)(H,15,16,18)/t7-/m1/s1. The Kier molecular flexibility index (Phi) is 3.24. The van der Waals surface area contributed by atoms with Crippen molar-refractivity contribution >= 4 is 22.2 Å². The Hall–Kier alpha value is -2.20. The summed E-state index contributed by atoms with van der Waals surface area (Å²) >= 11 is 1.50. The van der Waals surface area contributed by atoms with Gasteiger partial charge in [0, 0.05) is 4.88 Å². The molecule has 2 aromatic heterocycles. The zero-order chi connectivity index (χ0) is 14.1. The third-order valence-electron chi connectivity index (χ3n) is 3.48. The normalized spacial score (nSPS) is 17.3. The summed E-state index contributed by atoms with van der Waals surface area (Å²) < 4.78 is 0. The van der Waals surface area contributed by atoms with Crippen LogP contribution in [0.5, 0.6) is 0 Å². The van der Waals surface area contributed by atoms with Gasteiger partial charge in [0.05, 0.1) is 5.56 Å². The number of hydrogen-bond donors (Lipinski definition) is 2. The van der Waals surface area contributed by atoms with Crippen LogP contribution in [-0.4, -0.2) is 21.1 Å². The van der Waals surface area contributed by atoms with Crippen molar-refractivity contribution < 1.29 is 4.79 Å². The van der Waals surface area contributed by atoms with Crippen molar-refractivity contribution in [3.8, 4) is 6.07 Å². The zero-order valence-electron chi connectivity index (χ0n) is 10.9. The predicted molar refractivity (Wildman–Crippen MR) is 74.6 cm³/mol. The summed E-state index contributed by atoms with van der Waals surface area (Å²) in [5, 5.41) is 18.9. The van der Waals surface area contributed by atoms with Crippen LogP contribution in [0.3, 0.4) is 0 Å². The maximum absolute atomic E-state index is 12.0. The number of carbonyl (C=O) groups excluding carboxylic acids is 1. The van der Waals surface area contributed by atoms with E-state index in [0.717, 1.165) is 24.8 Å². The lowest BCUT2D eigenvalue weighted by atomic mass is 9.89. The Labute approximate surface area is 119 Å². The van der Waals surface area contributed by atoms with Crippen molar-refractivity contribution in [3.63, 3.8) is 0 Å². The van der Waals surface area contributed by atoms with E-state index in [-0.39, 0.29) is 11.7 Å². The molecule has 0 saturated carbocycles. The van der Waals surface area contributed by atoms with Gasteiger partial charge in [0.2, 0.25) is 5.82 Å². The van der Waals surface area contributed by atoms with Crippen LogP contribution in [0.25, 0.3) is 0 Å². The van der Waals surface area contributed by atoms with Crippen molar-refractivity contribution in [2.24, 2.45) is 5.92 Å². The number of thiophene rings is 1. The van der Waals surface area contributed by atoms with Gasteiger partial charge in [0.25, 0.3) is 5.91 Å². The molecule has 2 aromatic rings. The molecule has 0 radical (unpaired) electrons. The molecule has 0 fully saturated rings. The molecular formula is C13H13N5OS. The highest BCUT2D eigenvalue weighted by Crippen LogP contribution is 2.39. The average molecular weight is 287 g/mol. The van der Waals surface area contributed by atoms with Crippen molar-refractivity contribution in [3.05, 3.63) is 28.2 Å². The van der Waals surface area contributed by atoms with Crippen LogP contribution in [0.15, 0.2) is 6.33 Å². The van der Waals surface area contributed by atoms with Crippen LogP contribution in [0.1, 0.15) is 40.0 Å². The van der Waals surface area contributed by atoms with Gasteiger partial charge in [-0.15, -0.1) is 11.3 Å². The number of hydrogen-bond acceptors (Lipinski definition) is 5. The topological polar surface area (TPSA) is 94.5 Å². The maximum atomic E-state index is 12.0. The van der Waals surface area contributed by atoms with Gasteiger partial charge >= 0.3 is 0 Å². The quantitative estimate of drug-likeness (QED) is 0.884. The number of aromatic nitrogens is 3. The fourth-order valence-corrected chi connectivity index (χ4v) is 3.79. The molecule has 0 bridgehead atoms. The summed E-state index contributed by atoms with van der Waals surface area (Å²) in [5.74, 6) is 0.407. The predicted octanol–water partition coefficient (Wildman–Crippen LogP) is 2.11. The number of carbonyl (C=O) groups is 1. The number of H-pyrrole nitrogens is 1. The molecule has 1 atom stereocenters. The van der Waals surface area contributed by atoms with E-state index in [1.165, 1.54) is 22.5 Å². The fraction of sp³-hybridized carbons (Fsp3) is 0.385. The third-order valence-corrected chi connectivity index (χ3v) is 4.65. The van der Waals surface area contributed by atoms with E-state index in [4.69, 9.17) is 0 Å². The lowest BCUT2D eigenvalue weighted by molar-refractivity contribution is 0.101. The number of fused-ring (bicyclic) bond motifs is 1. The minimum Gasteiger partial charge on any atom is -0.310 e. The van der Waals surface area contributed by atoms with Crippen molar-refractivity contribution in [1.82, 2.24) is 15.2 Å². The smallest absolute Gasteiger partial charge is 0.293 e. The lowest BCUT2D eigenvalue weighted by Crippen LogP contribution is -2.13. The third kappa shape index (κ3) is 2.18. The molecule has 1 aliphatic rings. The molecule has 0 unspecified atom stereocenters. The summed E-state index contributed by atoms with van der Waals surface area (Å²) in [6.07, 6.45) is 4.26. The minimum atomic E-state index is -0.370. The van der Waals surface area contributed by atoms with Crippen molar-refractivity contribution in [2.45, 2.75) is 26.2 Å². The number of aromatic amines is 1. The van der Waals surface area contributed by atoms with Crippen molar-refractivity contribution in [1.29, 1.82) is 5.26 Å². The monoisotopic (exact) mass is 287 g/mol. The van der Waals surface area contributed by atoms with Gasteiger partial charge in [-0.1, -0.05) is 6.92 Å². The summed E-state index contributed by atoms with van der Waals surface area (Å²) in [5.41, 5.74) is 1.70. The van der Waals surface area contributed by atoms with E-state index in [0.29, 0.717) is 16.5 Å². The van der Waals surface area contributed by atoms with Gasteiger partial charge < -0.3 is 5.32 Å². The molecule has 6 nitrogen and oxygen atoms in total. The summed E-state index contributed by atoms with van der Waals surface area (Å²) in [6.45, 7) is 2.21. The van der Waals surface area contributed by atoms with Crippen LogP contribution in [0.4, 0.5) is 5.00 Å². The van der Waals surface area contributed by atoms with Crippen LogP contribution in [0.2, 0.25) is 0 Å². The average Bonchev–Trinajstić information content (AvgIpc) is 3.04. The first kappa shape index (κ1) is 12.8. The Morgan fingerprint density at radius 3 is 3.20 bits per heavy atom. The minimum absolute atomic E-state index is 0.147. The number of rotatable bonds is 2. The molecule has 0 spiro atoms. The number of amides is 1. The number of nitrogens with zero attached hydrogens (tertiary/aromatic N) is 3.